The second kappa shape index (κ2) is 6.85. The van der Waals surface area contributed by atoms with Crippen LogP contribution in [0.5, 0.6) is 5.75 Å². The molecule has 86 valence electrons. The molecular formula is C12H21NOS. The molecule has 15 heavy (non-hydrogen) atoms. The van der Waals surface area contributed by atoms with Crippen LogP contribution in [0.3, 0.4) is 0 Å². The molecule has 0 amide bonds. The van der Waals surface area contributed by atoms with Crippen LogP contribution in [0.1, 0.15) is 38.0 Å². The fourth-order valence-corrected chi connectivity index (χ4v) is 2.47. The van der Waals surface area contributed by atoms with E-state index in [0.29, 0.717) is 6.04 Å². The number of hydrogen-bond acceptors (Lipinski definition) is 3. The molecular weight excluding hydrogens is 206 g/mol. The normalized spacial score (nSPS) is 12.7. The first-order valence-electron chi connectivity index (χ1n) is 5.65. The van der Waals surface area contributed by atoms with E-state index in [9.17, 15) is 0 Å². The van der Waals surface area contributed by atoms with Crippen LogP contribution in [0.25, 0.3) is 0 Å². The van der Waals surface area contributed by atoms with Crippen LogP contribution in [-0.4, -0.2) is 13.2 Å². The minimum absolute atomic E-state index is 0.641. The van der Waals surface area contributed by atoms with Gasteiger partial charge in [0.2, 0.25) is 0 Å². The van der Waals surface area contributed by atoms with E-state index in [1.54, 1.807) is 18.4 Å². The summed E-state index contributed by atoms with van der Waals surface area (Å²) in [5.41, 5.74) is 0. The Morgan fingerprint density at radius 3 is 2.87 bits per heavy atom. The summed E-state index contributed by atoms with van der Waals surface area (Å²) in [6.45, 7) is 5.40. The Bertz CT molecular complexity index is 272. The Morgan fingerprint density at radius 1 is 1.47 bits per heavy atom. The van der Waals surface area contributed by atoms with E-state index in [0.717, 1.165) is 12.3 Å². The molecule has 0 fully saturated rings. The topological polar surface area (TPSA) is 21.3 Å². The molecule has 0 saturated carbocycles. The fraction of sp³-hybridized carbons (Fsp3) is 0.667. The summed E-state index contributed by atoms with van der Waals surface area (Å²) in [6, 6.07) is 2.67. The molecule has 1 aromatic heterocycles. The van der Waals surface area contributed by atoms with Gasteiger partial charge >= 0.3 is 0 Å². The Hall–Kier alpha value is -0.540. The number of hydrogen-bond donors (Lipinski definition) is 1. The Balaban J connectivity index is 2.41. The third-order valence-corrected chi connectivity index (χ3v) is 3.51. The van der Waals surface area contributed by atoms with Gasteiger partial charge in [0.05, 0.1) is 12.0 Å². The van der Waals surface area contributed by atoms with E-state index in [-0.39, 0.29) is 0 Å². The van der Waals surface area contributed by atoms with Crippen molar-refractivity contribution in [2.45, 2.75) is 45.7 Å². The predicted octanol–water partition coefficient (Wildman–Crippen LogP) is 3.43. The first kappa shape index (κ1) is 12.5. The van der Waals surface area contributed by atoms with E-state index in [2.05, 4.69) is 24.5 Å². The van der Waals surface area contributed by atoms with Gasteiger partial charge in [-0.15, -0.1) is 11.3 Å². The number of ether oxygens (including phenoxy) is 1. The molecule has 1 heterocycles. The average Bonchev–Trinajstić information content (AvgIpc) is 2.71. The average molecular weight is 227 g/mol. The molecule has 0 saturated heterocycles. The molecule has 0 aliphatic carbocycles. The number of nitrogens with one attached hydrogen (secondary N) is 1. The Kier molecular flexibility index (Phi) is 5.73. The standard InChI is InChI=1S/C12H21NOS/c1-4-6-10(5-2)13-9-12-11(14-3)7-8-15-12/h7-8,10,13H,4-6,9H2,1-3H3. The third-order valence-electron chi connectivity index (χ3n) is 2.61. The van der Waals surface area contributed by atoms with Crippen LogP contribution in [0.2, 0.25) is 0 Å². The quantitative estimate of drug-likeness (QED) is 0.770. The van der Waals surface area contributed by atoms with Crippen molar-refractivity contribution in [3.8, 4) is 5.75 Å². The maximum absolute atomic E-state index is 5.28. The molecule has 0 aromatic carbocycles. The van der Waals surface area contributed by atoms with Gasteiger partial charge < -0.3 is 10.1 Å². The lowest BCUT2D eigenvalue weighted by Gasteiger charge is -2.15. The van der Waals surface area contributed by atoms with Crippen LogP contribution in [0.15, 0.2) is 11.4 Å². The zero-order valence-electron chi connectivity index (χ0n) is 9.88. The van der Waals surface area contributed by atoms with E-state index in [1.807, 2.05) is 6.07 Å². The van der Waals surface area contributed by atoms with Gasteiger partial charge in [-0.25, -0.2) is 0 Å². The lowest BCUT2D eigenvalue weighted by atomic mass is 10.1. The van der Waals surface area contributed by atoms with Gasteiger partial charge in [0, 0.05) is 12.6 Å². The fourth-order valence-electron chi connectivity index (χ4n) is 1.68. The van der Waals surface area contributed by atoms with Gasteiger partial charge in [0.15, 0.2) is 0 Å². The van der Waals surface area contributed by atoms with Gasteiger partial charge in [0.25, 0.3) is 0 Å². The molecule has 0 aliphatic heterocycles. The van der Waals surface area contributed by atoms with Gasteiger partial charge in [-0.05, 0) is 24.3 Å². The van der Waals surface area contributed by atoms with Crippen molar-refractivity contribution >= 4 is 11.3 Å². The van der Waals surface area contributed by atoms with Crippen molar-refractivity contribution in [1.29, 1.82) is 0 Å². The zero-order chi connectivity index (χ0) is 11.1. The van der Waals surface area contributed by atoms with Crippen molar-refractivity contribution in [3.05, 3.63) is 16.3 Å². The predicted molar refractivity (Wildman–Crippen MR) is 66.7 cm³/mol. The molecule has 1 rings (SSSR count). The van der Waals surface area contributed by atoms with E-state index in [4.69, 9.17) is 4.74 Å². The maximum Gasteiger partial charge on any atom is 0.134 e. The molecule has 1 atom stereocenters. The van der Waals surface area contributed by atoms with Crippen LogP contribution >= 0.6 is 11.3 Å². The largest absolute Gasteiger partial charge is 0.496 e. The highest BCUT2D eigenvalue weighted by atomic mass is 32.1. The van der Waals surface area contributed by atoms with Crippen LogP contribution in [-0.2, 0) is 6.54 Å². The molecule has 0 aliphatic rings. The van der Waals surface area contributed by atoms with Crippen molar-refractivity contribution in [1.82, 2.24) is 5.32 Å². The molecule has 2 nitrogen and oxygen atoms in total. The van der Waals surface area contributed by atoms with Crippen molar-refractivity contribution < 1.29 is 4.74 Å². The van der Waals surface area contributed by atoms with E-state index < -0.39 is 0 Å². The minimum Gasteiger partial charge on any atom is -0.496 e. The molecule has 1 aromatic rings. The zero-order valence-corrected chi connectivity index (χ0v) is 10.7. The molecule has 1 unspecified atom stereocenters. The highest BCUT2D eigenvalue weighted by molar-refractivity contribution is 7.10. The summed E-state index contributed by atoms with van der Waals surface area (Å²) in [5.74, 6) is 1.01. The summed E-state index contributed by atoms with van der Waals surface area (Å²) in [5, 5.41) is 5.66. The van der Waals surface area contributed by atoms with Gasteiger partial charge in [-0.1, -0.05) is 20.3 Å². The summed E-state index contributed by atoms with van der Waals surface area (Å²) < 4.78 is 5.28. The van der Waals surface area contributed by atoms with Crippen LogP contribution in [0, 0.1) is 0 Å². The second-order valence-electron chi connectivity index (χ2n) is 3.69. The Morgan fingerprint density at radius 2 is 2.27 bits per heavy atom. The van der Waals surface area contributed by atoms with E-state index in [1.165, 1.54) is 24.1 Å². The summed E-state index contributed by atoms with van der Waals surface area (Å²) in [7, 11) is 1.73. The highest BCUT2D eigenvalue weighted by Gasteiger charge is 2.07. The highest BCUT2D eigenvalue weighted by Crippen LogP contribution is 2.24. The lowest BCUT2D eigenvalue weighted by molar-refractivity contribution is 0.405. The van der Waals surface area contributed by atoms with Gasteiger partial charge in [-0.2, -0.15) is 0 Å². The van der Waals surface area contributed by atoms with Crippen molar-refractivity contribution in [3.63, 3.8) is 0 Å². The van der Waals surface area contributed by atoms with Crippen LogP contribution in [0.4, 0.5) is 0 Å². The molecule has 0 spiro atoms. The summed E-state index contributed by atoms with van der Waals surface area (Å²) in [6.07, 6.45) is 3.69. The third kappa shape index (κ3) is 3.84. The maximum atomic E-state index is 5.28. The summed E-state index contributed by atoms with van der Waals surface area (Å²) in [4.78, 5) is 1.30. The van der Waals surface area contributed by atoms with Gasteiger partial charge in [0.1, 0.15) is 5.75 Å². The lowest BCUT2D eigenvalue weighted by Crippen LogP contribution is -2.27. The molecule has 0 bridgehead atoms. The van der Waals surface area contributed by atoms with Crippen molar-refractivity contribution in [2.24, 2.45) is 0 Å². The second-order valence-corrected chi connectivity index (χ2v) is 4.69. The van der Waals surface area contributed by atoms with E-state index >= 15 is 0 Å². The van der Waals surface area contributed by atoms with Gasteiger partial charge in [-0.3, -0.25) is 0 Å². The molecule has 1 N–H and O–H groups in total. The number of rotatable bonds is 7. The SMILES string of the molecule is CCCC(CC)NCc1sccc1OC. The van der Waals surface area contributed by atoms with Crippen molar-refractivity contribution in [2.75, 3.05) is 7.11 Å². The first-order chi connectivity index (χ1) is 7.31. The smallest absolute Gasteiger partial charge is 0.134 e. The number of thiophene rings is 1. The minimum atomic E-state index is 0.641. The Labute approximate surface area is 96.7 Å². The van der Waals surface area contributed by atoms with Crippen LogP contribution < -0.4 is 10.1 Å². The molecule has 3 heteroatoms. The monoisotopic (exact) mass is 227 g/mol. The summed E-state index contributed by atoms with van der Waals surface area (Å²) >= 11 is 1.76. The molecule has 0 radical (unpaired) electrons. The first-order valence-corrected chi connectivity index (χ1v) is 6.53. The number of methoxy groups -OCH3 is 1.